The maximum atomic E-state index is 6.02. The highest BCUT2D eigenvalue weighted by Crippen LogP contribution is 2.22. The van der Waals surface area contributed by atoms with Crippen molar-refractivity contribution < 1.29 is 0 Å². The van der Waals surface area contributed by atoms with Gasteiger partial charge < -0.3 is 0 Å². The molecule has 0 bridgehead atoms. The average Bonchev–Trinajstić information content (AvgIpc) is 2.33. The quantitative estimate of drug-likeness (QED) is 0.853. The molecule has 0 aliphatic carbocycles. The van der Waals surface area contributed by atoms with Crippen LogP contribution in [0.5, 0.6) is 0 Å². The number of allylic oxidation sites excluding steroid dienone is 2. The summed E-state index contributed by atoms with van der Waals surface area (Å²) in [6.07, 6.45) is 1.99. The second-order valence-corrected chi connectivity index (χ2v) is 4.80. The molecule has 2 nitrogen and oxygen atoms in total. The molecule has 3 heteroatoms. The third-order valence-corrected chi connectivity index (χ3v) is 3.26. The fraction of sp³-hybridized carbons (Fsp3) is 0.133. The molecule has 1 aliphatic rings. The molecule has 2 rings (SSSR count). The Morgan fingerprint density at radius 1 is 1.39 bits per heavy atom. The predicted octanol–water partition coefficient (Wildman–Crippen LogP) is 3.97. The molecule has 0 radical (unpaired) electrons. The van der Waals surface area contributed by atoms with Crippen molar-refractivity contribution >= 4 is 17.3 Å². The Hall–Kier alpha value is -1.80. The molecule has 0 saturated carbocycles. The molecule has 0 unspecified atom stereocenters. The molecular weight excluding hydrogens is 244 g/mol. The van der Waals surface area contributed by atoms with Crippen LogP contribution in [0.4, 0.5) is 0 Å². The molecule has 0 fully saturated rings. The van der Waals surface area contributed by atoms with E-state index in [1.165, 1.54) is 0 Å². The lowest BCUT2D eigenvalue weighted by atomic mass is 9.99. The lowest BCUT2D eigenvalue weighted by Crippen LogP contribution is -2.17. The van der Waals surface area contributed by atoms with Gasteiger partial charge in [0.1, 0.15) is 0 Å². The topological polar surface area (TPSA) is 24.4 Å². The van der Waals surface area contributed by atoms with Gasteiger partial charge in [-0.15, -0.1) is 0 Å². The van der Waals surface area contributed by atoms with Crippen LogP contribution in [0.2, 0.25) is 5.02 Å². The SMILES string of the molecule is C=C(C)C1=CC(c2ccc(Cl)c(C)c2)=NNC1=C. The monoisotopic (exact) mass is 258 g/mol. The van der Waals surface area contributed by atoms with Gasteiger partial charge in [0.2, 0.25) is 0 Å². The minimum atomic E-state index is 0.761. The minimum absolute atomic E-state index is 0.761. The van der Waals surface area contributed by atoms with Gasteiger partial charge in [0.05, 0.1) is 11.4 Å². The van der Waals surface area contributed by atoms with E-state index in [1.807, 2.05) is 38.1 Å². The van der Waals surface area contributed by atoms with E-state index in [0.717, 1.165) is 38.7 Å². The van der Waals surface area contributed by atoms with Crippen LogP contribution in [-0.2, 0) is 0 Å². The van der Waals surface area contributed by atoms with Crippen molar-refractivity contribution in [2.75, 3.05) is 0 Å². The fourth-order valence-corrected chi connectivity index (χ4v) is 1.89. The van der Waals surface area contributed by atoms with Crippen molar-refractivity contribution in [1.82, 2.24) is 5.43 Å². The number of aryl methyl sites for hydroxylation is 1. The lowest BCUT2D eigenvalue weighted by Gasteiger charge is -2.17. The van der Waals surface area contributed by atoms with E-state index >= 15 is 0 Å². The molecule has 92 valence electrons. The van der Waals surface area contributed by atoms with Crippen LogP contribution in [0.15, 0.2) is 59.4 Å². The largest absolute Gasteiger partial charge is 0.278 e. The first-order chi connectivity index (χ1) is 8.49. The molecule has 0 spiro atoms. The molecular formula is C15H15ClN2. The number of halogens is 1. The van der Waals surface area contributed by atoms with E-state index in [-0.39, 0.29) is 0 Å². The van der Waals surface area contributed by atoms with Crippen LogP contribution in [0.1, 0.15) is 18.1 Å². The van der Waals surface area contributed by atoms with Gasteiger partial charge in [-0.2, -0.15) is 5.10 Å². The molecule has 18 heavy (non-hydrogen) atoms. The molecule has 0 saturated heterocycles. The predicted molar refractivity (Wildman–Crippen MR) is 77.9 cm³/mol. The number of hydrazone groups is 1. The van der Waals surface area contributed by atoms with Crippen molar-refractivity contribution in [3.8, 4) is 0 Å². The summed E-state index contributed by atoms with van der Waals surface area (Å²) in [5, 5.41) is 5.05. The Kier molecular flexibility index (Phi) is 3.39. The summed E-state index contributed by atoms with van der Waals surface area (Å²) in [6, 6.07) is 5.85. The summed E-state index contributed by atoms with van der Waals surface area (Å²) in [7, 11) is 0. The molecule has 0 amide bonds. The number of rotatable bonds is 2. The standard InChI is InChI=1S/C15H15ClN2/c1-9(2)13-8-15(18-17-11(13)4)12-5-6-14(16)10(3)7-12/h5-8,17H,1,4H2,2-3H3. The Balaban J connectivity index is 2.43. The van der Waals surface area contributed by atoms with Gasteiger partial charge in [-0.3, -0.25) is 5.43 Å². The van der Waals surface area contributed by atoms with Crippen molar-refractivity contribution in [2.45, 2.75) is 13.8 Å². The molecule has 1 aromatic rings. The summed E-state index contributed by atoms with van der Waals surface area (Å²) in [6.45, 7) is 11.8. The van der Waals surface area contributed by atoms with Crippen molar-refractivity contribution in [1.29, 1.82) is 0 Å². The number of nitrogens with zero attached hydrogens (tertiary/aromatic N) is 1. The number of hydrogen-bond acceptors (Lipinski definition) is 2. The maximum absolute atomic E-state index is 6.02. The molecule has 1 heterocycles. The molecule has 0 aromatic heterocycles. The van der Waals surface area contributed by atoms with Crippen LogP contribution in [0.3, 0.4) is 0 Å². The van der Waals surface area contributed by atoms with Crippen molar-refractivity contribution in [3.05, 3.63) is 70.4 Å². The van der Waals surface area contributed by atoms with Crippen LogP contribution >= 0.6 is 11.6 Å². The molecule has 1 aromatic carbocycles. The molecule has 1 N–H and O–H groups in total. The van der Waals surface area contributed by atoms with Crippen LogP contribution in [-0.4, -0.2) is 5.71 Å². The van der Waals surface area contributed by atoms with E-state index < -0.39 is 0 Å². The molecule has 1 aliphatic heterocycles. The first kappa shape index (κ1) is 12.7. The van der Waals surface area contributed by atoms with Crippen molar-refractivity contribution in [2.24, 2.45) is 5.10 Å². The fourth-order valence-electron chi connectivity index (χ4n) is 1.78. The van der Waals surface area contributed by atoms with Gasteiger partial charge >= 0.3 is 0 Å². The van der Waals surface area contributed by atoms with E-state index in [9.17, 15) is 0 Å². The normalized spacial score (nSPS) is 14.7. The summed E-state index contributed by atoms with van der Waals surface area (Å²) >= 11 is 6.02. The van der Waals surface area contributed by atoms with Crippen molar-refractivity contribution in [3.63, 3.8) is 0 Å². The van der Waals surface area contributed by atoms with Crippen LogP contribution in [0.25, 0.3) is 0 Å². The number of hydrogen-bond donors (Lipinski definition) is 1. The zero-order valence-electron chi connectivity index (χ0n) is 10.5. The Labute approximate surface area is 112 Å². The average molecular weight is 259 g/mol. The first-order valence-electron chi connectivity index (χ1n) is 5.66. The summed E-state index contributed by atoms with van der Waals surface area (Å²) < 4.78 is 0. The summed E-state index contributed by atoms with van der Waals surface area (Å²) in [4.78, 5) is 0. The first-order valence-corrected chi connectivity index (χ1v) is 6.04. The highest BCUT2D eigenvalue weighted by Gasteiger charge is 2.12. The zero-order valence-corrected chi connectivity index (χ0v) is 11.3. The Bertz CT molecular complexity index is 595. The second-order valence-electron chi connectivity index (χ2n) is 4.39. The van der Waals surface area contributed by atoms with E-state index in [4.69, 9.17) is 11.6 Å². The summed E-state index contributed by atoms with van der Waals surface area (Å²) in [5.74, 6) is 0. The van der Waals surface area contributed by atoms with E-state index in [2.05, 4.69) is 23.7 Å². The second kappa shape index (κ2) is 4.83. The van der Waals surface area contributed by atoms with Gasteiger partial charge in [-0.05, 0) is 43.2 Å². The van der Waals surface area contributed by atoms with Gasteiger partial charge in [-0.1, -0.05) is 30.8 Å². The van der Waals surface area contributed by atoms with Gasteiger partial charge in [-0.25, -0.2) is 0 Å². The van der Waals surface area contributed by atoms with Gasteiger partial charge in [0, 0.05) is 16.2 Å². The third kappa shape index (κ3) is 2.39. The minimum Gasteiger partial charge on any atom is -0.278 e. The summed E-state index contributed by atoms with van der Waals surface area (Å²) in [5.41, 5.74) is 8.58. The van der Waals surface area contributed by atoms with Crippen LogP contribution in [0, 0.1) is 6.92 Å². The molecule has 0 atom stereocenters. The highest BCUT2D eigenvalue weighted by molar-refractivity contribution is 6.31. The Morgan fingerprint density at radius 2 is 2.11 bits per heavy atom. The maximum Gasteiger partial charge on any atom is 0.0912 e. The zero-order chi connectivity index (χ0) is 13.3. The van der Waals surface area contributed by atoms with E-state index in [1.54, 1.807) is 0 Å². The van der Waals surface area contributed by atoms with Crippen LogP contribution < -0.4 is 5.43 Å². The highest BCUT2D eigenvalue weighted by atomic mass is 35.5. The Morgan fingerprint density at radius 3 is 2.72 bits per heavy atom. The van der Waals surface area contributed by atoms with Gasteiger partial charge in [0.15, 0.2) is 0 Å². The van der Waals surface area contributed by atoms with E-state index in [0.29, 0.717) is 0 Å². The lowest BCUT2D eigenvalue weighted by molar-refractivity contribution is 0.894. The van der Waals surface area contributed by atoms with Gasteiger partial charge in [0.25, 0.3) is 0 Å². The number of benzene rings is 1. The third-order valence-electron chi connectivity index (χ3n) is 2.83. The smallest absolute Gasteiger partial charge is 0.0912 e. The number of nitrogens with one attached hydrogen (secondary N) is 1.